The molecule has 1 aromatic heterocycles. The summed E-state index contributed by atoms with van der Waals surface area (Å²) in [6.07, 6.45) is 4.69. The Labute approximate surface area is 198 Å². The molecule has 1 N–H and O–H groups in total. The van der Waals surface area contributed by atoms with Gasteiger partial charge in [-0.2, -0.15) is 0 Å². The molecule has 0 spiro atoms. The molecule has 1 aromatic carbocycles. The Bertz CT molecular complexity index is 1130. The Kier molecular flexibility index (Phi) is 7.78. The molecular weight excluding hydrogens is 440 g/mol. The van der Waals surface area contributed by atoms with Gasteiger partial charge in [-0.05, 0) is 55.7 Å². The molecule has 0 saturated carbocycles. The summed E-state index contributed by atoms with van der Waals surface area (Å²) < 4.78 is 21.6. The molecule has 1 aliphatic heterocycles. The summed E-state index contributed by atoms with van der Waals surface area (Å²) in [5, 5.41) is 2.58. The van der Waals surface area contributed by atoms with Crippen molar-refractivity contribution in [3.05, 3.63) is 65.3 Å². The predicted octanol–water partition coefficient (Wildman–Crippen LogP) is 4.07. The van der Waals surface area contributed by atoms with Gasteiger partial charge in [0.1, 0.15) is 11.5 Å². The van der Waals surface area contributed by atoms with Gasteiger partial charge in [-0.1, -0.05) is 13.0 Å². The second-order valence-electron chi connectivity index (χ2n) is 7.68. The predicted molar refractivity (Wildman–Crippen MR) is 124 cm³/mol. The minimum Gasteiger partial charge on any atom is -0.493 e. The number of rotatable bonds is 10. The van der Waals surface area contributed by atoms with Crippen molar-refractivity contribution in [2.75, 3.05) is 14.2 Å². The zero-order valence-corrected chi connectivity index (χ0v) is 19.7. The molecule has 1 saturated heterocycles. The average molecular weight is 469 g/mol. The molecule has 9 nitrogen and oxygen atoms in total. The summed E-state index contributed by atoms with van der Waals surface area (Å²) in [5.41, 5.74) is 1.61. The molecule has 0 unspecified atom stereocenters. The lowest BCUT2D eigenvalue weighted by atomic mass is 10.0. The lowest BCUT2D eigenvalue weighted by Gasteiger charge is -2.19. The number of esters is 1. The van der Waals surface area contributed by atoms with Crippen LogP contribution in [0, 0.1) is 0 Å². The molecule has 1 fully saturated rings. The molecule has 0 bridgehead atoms. The van der Waals surface area contributed by atoms with Crippen LogP contribution in [0.2, 0.25) is 0 Å². The van der Waals surface area contributed by atoms with Gasteiger partial charge >= 0.3 is 12.0 Å². The first-order chi connectivity index (χ1) is 16.3. The van der Waals surface area contributed by atoms with Crippen molar-refractivity contribution in [3.8, 4) is 11.5 Å². The molecule has 9 heteroatoms. The first kappa shape index (κ1) is 24.6. The average Bonchev–Trinajstić information content (AvgIpc) is 3.40. The van der Waals surface area contributed by atoms with Crippen molar-refractivity contribution >= 4 is 24.0 Å². The van der Waals surface area contributed by atoms with Crippen LogP contribution in [0.5, 0.6) is 11.5 Å². The number of hydrogen-bond acceptors (Lipinski definition) is 7. The smallest absolute Gasteiger partial charge is 0.373 e. The summed E-state index contributed by atoms with van der Waals surface area (Å²) in [6, 6.07) is 5.95. The van der Waals surface area contributed by atoms with E-state index in [9.17, 15) is 14.4 Å². The summed E-state index contributed by atoms with van der Waals surface area (Å²) in [6.45, 7) is 7.68. The first-order valence-electron chi connectivity index (χ1n) is 10.8. The monoisotopic (exact) mass is 468 g/mol. The summed E-state index contributed by atoms with van der Waals surface area (Å²) in [4.78, 5) is 37.9. The van der Waals surface area contributed by atoms with Gasteiger partial charge in [0.15, 0.2) is 11.5 Å². The van der Waals surface area contributed by atoms with Crippen molar-refractivity contribution in [1.82, 2.24) is 10.2 Å². The molecule has 3 amide bonds. The van der Waals surface area contributed by atoms with Crippen LogP contribution in [-0.4, -0.2) is 43.1 Å². The van der Waals surface area contributed by atoms with Crippen molar-refractivity contribution in [2.24, 2.45) is 0 Å². The number of nitrogens with one attached hydrogen (secondary N) is 1. The first-order valence-corrected chi connectivity index (χ1v) is 10.8. The minimum atomic E-state index is -0.644. The van der Waals surface area contributed by atoms with E-state index in [0.29, 0.717) is 23.5 Å². The van der Waals surface area contributed by atoms with Gasteiger partial charge in [0.05, 0.1) is 26.9 Å². The molecule has 1 atom stereocenters. The Hall–Kier alpha value is -4.01. The molecule has 2 heterocycles. The molecule has 180 valence electrons. The number of urea groups is 1. The van der Waals surface area contributed by atoms with Gasteiger partial charge < -0.3 is 23.9 Å². The van der Waals surface area contributed by atoms with E-state index in [1.165, 1.54) is 19.2 Å². The molecule has 0 aliphatic carbocycles. The van der Waals surface area contributed by atoms with Crippen LogP contribution < -0.4 is 14.8 Å². The van der Waals surface area contributed by atoms with Gasteiger partial charge in [0, 0.05) is 5.56 Å². The fourth-order valence-electron chi connectivity index (χ4n) is 3.35. The van der Waals surface area contributed by atoms with Gasteiger partial charge in [0.25, 0.3) is 5.91 Å². The number of amides is 3. The number of carbonyl (C=O) groups excluding carboxylic acids is 3. The highest BCUT2D eigenvalue weighted by molar-refractivity contribution is 6.13. The van der Waals surface area contributed by atoms with Crippen LogP contribution in [0.25, 0.3) is 6.08 Å². The lowest BCUT2D eigenvalue weighted by Crippen LogP contribution is -2.30. The quantitative estimate of drug-likeness (QED) is 0.242. The Morgan fingerprint density at radius 2 is 2.03 bits per heavy atom. The summed E-state index contributed by atoms with van der Waals surface area (Å²) in [5.74, 6) is 0.236. The van der Waals surface area contributed by atoms with Crippen molar-refractivity contribution in [1.29, 1.82) is 0 Å². The number of furan rings is 1. The third-order valence-electron chi connectivity index (χ3n) is 5.27. The number of hydrogen-bond donors (Lipinski definition) is 1. The van der Waals surface area contributed by atoms with Crippen LogP contribution in [-0.2, 0) is 22.5 Å². The van der Waals surface area contributed by atoms with Crippen LogP contribution >= 0.6 is 0 Å². The molecular formula is C25H28N2O7. The summed E-state index contributed by atoms with van der Waals surface area (Å²) in [7, 11) is 2.78. The fourth-order valence-corrected chi connectivity index (χ4v) is 3.35. The number of imide groups is 1. The molecule has 3 rings (SSSR count). The van der Waals surface area contributed by atoms with E-state index >= 15 is 0 Å². The second-order valence-corrected chi connectivity index (χ2v) is 7.68. The molecule has 0 radical (unpaired) electrons. The van der Waals surface area contributed by atoms with Crippen LogP contribution in [0.1, 0.15) is 47.7 Å². The maximum Gasteiger partial charge on any atom is 0.373 e. The van der Waals surface area contributed by atoms with Crippen molar-refractivity contribution in [2.45, 2.75) is 39.3 Å². The van der Waals surface area contributed by atoms with Crippen molar-refractivity contribution < 1.29 is 33.0 Å². The van der Waals surface area contributed by atoms with Gasteiger partial charge in [-0.3, -0.25) is 9.69 Å². The Morgan fingerprint density at radius 1 is 1.26 bits per heavy atom. The fraction of sp³-hybridized carbons (Fsp3) is 0.320. The van der Waals surface area contributed by atoms with Crippen LogP contribution in [0.3, 0.4) is 0 Å². The van der Waals surface area contributed by atoms with Gasteiger partial charge in [-0.25, -0.2) is 9.59 Å². The third-order valence-corrected chi connectivity index (χ3v) is 5.27. The topological polar surface area (TPSA) is 107 Å². The maximum atomic E-state index is 12.9. The van der Waals surface area contributed by atoms with Crippen LogP contribution in [0.4, 0.5) is 4.79 Å². The second kappa shape index (κ2) is 10.7. The number of nitrogens with zero attached hydrogens (tertiary/aromatic N) is 1. The standard InChI is InChI=1S/C25H28N2O7/c1-6-8-17-11-16(13-21(31-4)22(17)33-15(3)7-2)12-19-23(28)27(25(30)26-19)14-18-9-10-20(34-18)24(29)32-5/h6,9-13,15H,1,7-8,14H2,2-5H3,(H,26,30)/b19-12-/t15-/m0/s1. The van der Waals surface area contributed by atoms with Crippen LogP contribution in [0.15, 0.2) is 47.0 Å². The maximum absolute atomic E-state index is 12.9. The SMILES string of the molecule is C=CCc1cc(/C=C2\NC(=O)N(Cc3ccc(C(=O)OC)o3)C2=O)cc(OC)c1O[C@@H](C)CC. The van der Waals surface area contributed by atoms with Gasteiger partial charge in [-0.15, -0.1) is 6.58 Å². The number of methoxy groups -OCH3 is 2. The number of allylic oxidation sites excluding steroid dienone is 1. The van der Waals surface area contributed by atoms with E-state index in [1.54, 1.807) is 25.3 Å². The summed E-state index contributed by atoms with van der Waals surface area (Å²) >= 11 is 0. The van der Waals surface area contributed by atoms with E-state index in [2.05, 4.69) is 16.6 Å². The van der Waals surface area contributed by atoms with E-state index in [4.69, 9.17) is 13.9 Å². The number of ether oxygens (including phenoxy) is 3. The Balaban J connectivity index is 1.87. The highest BCUT2D eigenvalue weighted by atomic mass is 16.5. The third kappa shape index (κ3) is 5.31. The van der Waals surface area contributed by atoms with E-state index in [-0.39, 0.29) is 29.9 Å². The lowest BCUT2D eigenvalue weighted by molar-refractivity contribution is -0.123. The zero-order chi connectivity index (χ0) is 24.8. The van der Waals surface area contributed by atoms with Crippen molar-refractivity contribution in [3.63, 3.8) is 0 Å². The number of carbonyl (C=O) groups is 3. The molecule has 1 aliphatic rings. The zero-order valence-electron chi connectivity index (χ0n) is 19.7. The Morgan fingerprint density at radius 3 is 2.68 bits per heavy atom. The number of benzene rings is 1. The molecule has 2 aromatic rings. The molecule has 34 heavy (non-hydrogen) atoms. The highest BCUT2D eigenvalue weighted by Gasteiger charge is 2.34. The van der Waals surface area contributed by atoms with E-state index in [1.807, 2.05) is 19.9 Å². The van der Waals surface area contributed by atoms with Gasteiger partial charge in [0.2, 0.25) is 5.76 Å². The highest BCUT2D eigenvalue weighted by Crippen LogP contribution is 2.35. The minimum absolute atomic E-state index is 0.00720. The van der Waals surface area contributed by atoms with E-state index < -0.39 is 17.9 Å². The largest absolute Gasteiger partial charge is 0.493 e. The normalized spacial score (nSPS) is 15.3. The van der Waals surface area contributed by atoms with E-state index in [0.717, 1.165) is 16.9 Å².